The van der Waals surface area contributed by atoms with E-state index in [1.54, 1.807) is 24.3 Å². The first-order valence-corrected chi connectivity index (χ1v) is 13.1. The maximum atomic E-state index is 12.7. The predicted molar refractivity (Wildman–Crippen MR) is 139 cm³/mol. The van der Waals surface area contributed by atoms with Crippen molar-refractivity contribution in [2.75, 3.05) is 42.4 Å². The molecule has 0 bridgehead atoms. The molecule has 3 aromatic rings. The van der Waals surface area contributed by atoms with Crippen LogP contribution >= 0.6 is 0 Å². The third-order valence-corrected chi connectivity index (χ3v) is 7.75. The zero-order chi connectivity index (χ0) is 25.0. The minimum absolute atomic E-state index is 0.0802. The van der Waals surface area contributed by atoms with Crippen LogP contribution in [0.25, 0.3) is 0 Å². The van der Waals surface area contributed by atoms with Crippen LogP contribution in [0.4, 0.5) is 11.4 Å². The first kappa shape index (κ1) is 24.6. The SMILES string of the molecule is Cc1ccc(NS(=O)(=O)c2ccc(OCC(=O)N3CCN(c4cccc(C)c4C)CC3)cc2)cc1. The number of nitrogens with zero attached hydrogens (tertiary/aromatic N) is 2. The summed E-state index contributed by atoms with van der Waals surface area (Å²) < 4.78 is 33.5. The number of aryl methyl sites for hydroxylation is 2. The first-order chi connectivity index (χ1) is 16.7. The summed E-state index contributed by atoms with van der Waals surface area (Å²) in [5.41, 5.74) is 5.31. The van der Waals surface area contributed by atoms with Gasteiger partial charge in [-0.2, -0.15) is 0 Å². The molecule has 184 valence electrons. The number of carbonyl (C=O) groups excluding carboxylic acids is 1. The van der Waals surface area contributed by atoms with Crippen molar-refractivity contribution in [1.82, 2.24) is 4.90 Å². The Morgan fingerprint density at radius 1 is 0.886 bits per heavy atom. The summed E-state index contributed by atoms with van der Waals surface area (Å²) in [6.45, 7) is 8.91. The molecule has 1 aliphatic heterocycles. The lowest BCUT2D eigenvalue weighted by molar-refractivity contribution is -0.133. The van der Waals surface area contributed by atoms with Crippen LogP contribution in [0, 0.1) is 20.8 Å². The van der Waals surface area contributed by atoms with Gasteiger partial charge in [0.25, 0.3) is 15.9 Å². The summed E-state index contributed by atoms with van der Waals surface area (Å²) in [7, 11) is -3.71. The zero-order valence-corrected chi connectivity index (χ0v) is 21.1. The average Bonchev–Trinajstić information content (AvgIpc) is 2.86. The van der Waals surface area contributed by atoms with E-state index in [4.69, 9.17) is 4.74 Å². The van der Waals surface area contributed by atoms with E-state index >= 15 is 0 Å². The van der Waals surface area contributed by atoms with Crippen molar-refractivity contribution in [2.24, 2.45) is 0 Å². The molecule has 0 aliphatic carbocycles. The van der Waals surface area contributed by atoms with Crippen LogP contribution < -0.4 is 14.4 Å². The van der Waals surface area contributed by atoms with Gasteiger partial charge in [-0.15, -0.1) is 0 Å². The fourth-order valence-corrected chi connectivity index (χ4v) is 5.12. The summed E-state index contributed by atoms with van der Waals surface area (Å²) in [4.78, 5) is 16.9. The van der Waals surface area contributed by atoms with Gasteiger partial charge >= 0.3 is 0 Å². The average molecular weight is 494 g/mol. The van der Waals surface area contributed by atoms with Gasteiger partial charge in [0.2, 0.25) is 0 Å². The van der Waals surface area contributed by atoms with Gasteiger partial charge in [-0.1, -0.05) is 29.8 Å². The Bertz CT molecular complexity index is 1280. The fourth-order valence-electron chi connectivity index (χ4n) is 4.06. The van der Waals surface area contributed by atoms with Gasteiger partial charge < -0.3 is 14.5 Å². The summed E-state index contributed by atoms with van der Waals surface area (Å²) in [5.74, 6) is 0.366. The summed E-state index contributed by atoms with van der Waals surface area (Å²) >= 11 is 0. The predicted octanol–water partition coefficient (Wildman–Crippen LogP) is 4.14. The van der Waals surface area contributed by atoms with E-state index in [1.807, 2.05) is 24.0 Å². The molecular formula is C27H31N3O4S. The first-order valence-electron chi connectivity index (χ1n) is 11.6. The Morgan fingerprint density at radius 3 is 2.20 bits per heavy atom. The smallest absolute Gasteiger partial charge is 0.261 e. The maximum absolute atomic E-state index is 12.7. The van der Waals surface area contributed by atoms with Gasteiger partial charge in [0, 0.05) is 37.6 Å². The Labute approximate surface area is 207 Å². The Hall–Kier alpha value is -3.52. The van der Waals surface area contributed by atoms with E-state index in [0.29, 0.717) is 24.5 Å². The van der Waals surface area contributed by atoms with Gasteiger partial charge in [-0.05, 0) is 74.4 Å². The van der Waals surface area contributed by atoms with E-state index in [1.165, 1.54) is 28.9 Å². The number of carbonyl (C=O) groups is 1. The minimum atomic E-state index is -3.71. The molecule has 35 heavy (non-hydrogen) atoms. The quantitative estimate of drug-likeness (QED) is 0.535. The van der Waals surface area contributed by atoms with Gasteiger partial charge in [0.05, 0.1) is 4.90 Å². The molecule has 0 spiro atoms. The van der Waals surface area contributed by atoms with Crippen LogP contribution in [0.15, 0.2) is 71.6 Å². The van der Waals surface area contributed by atoms with Crippen LogP contribution in [-0.4, -0.2) is 52.0 Å². The lowest BCUT2D eigenvalue weighted by atomic mass is 10.1. The van der Waals surface area contributed by atoms with Gasteiger partial charge in [-0.25, -0.2) is 8.42 Å². The second-order valence-electron chi connectivity index (χ2n) is 8.82. The molecular weight excluding hydrogens is 462 g/mol. The van der Waals surface area contributed by atoms with Crippen molar-refractivity contribution in [3.63, 3.8) is 0 Å². The highest BCUT2D eigenvalue weighted by atomic mass is 32.2. The van der Waals surface area contributed by atoms with Crippen LogP contribution in [0.1, 0.15) is 16.7 Å². The summed E-state index contributed by atoms with van der Waals surface area (Å²) in [6, 6.07) is 19.5. The molecule has 0 radical (unpaired) electrons. The second-order valence-corrected chi connectivity index (χ2v) is 10.5. The highest BCUT2D eigenvalue weighted by Crippen LogP contribution is 2.24. The maximum Gasteiger partial charge on any atom is 0.261 e. The Morgan fingerprint density at radius 2 is 1.54 bits per heavy atom. The standard InChI is InChI=1S/C27H31N3O4S/c1-20-7-9-23(10-8-20)28-35(32,33)25-13-11-24(12-14-25)34-19-27(31)30-17-15-29(16-18-30)26-6-4-5-21(2)22(26)3/h4-14,28H,15-19H2,1-3H3. The number of rotatable bonds is 7. The molecule has 1 saturated heterocycles. The van der Waals surface area contributed by atoms with Gasteiger partial charge in [0.1, 0.15) is 5.75 Å². The summed E-state index contributed by atoms with van der Waals surface area (Å²) in [6.07, 6.45) is 0. The molecule has 1 heterocycles. The molecule has 8 heteroatoms. The van der Waals surface area contributed by atoms with Crippen LogP contribution in [0.5, 0.6) is 5.75 Å². The van der Waals surface area contributed by atoms with Crippen LogP contribution in [-0.2, 0) is 14.8 Å². The molecule has 0 atom stereocenters. The fraction of sp³-hybridized carbons (Fsp3) is 0.296. The molecule has 1 fully saturated rings. The normalized spacial score (nSPS) is 14.0. The molecule has 3 aromatic carbocycles. The van der Waals surface area contributed by atoms with Gasteiger partial charge in [-0.3, -0.25) is 9.52 Å². The third kappa shape index (κ3) is 5.95. The highest BCUT2D eigenvalue weighted by molar-refractivity contribution is 7.92. The molecule has 1 amide bonds. The molecule has 4 rings (SSSR count). The monoisotopic (exact) mass is 493 g/mol. The second kappa shape index (κ2) is 10.4. The lowest BCUT2D eigenvalue weighted by Gasteiger charge is -2.37. The van der Waals surface area contributed by atoms with E-state index in [2.05, 4.69) is 41.7 Å². The van der Waals surface area contributed by atoms with Crippen molar-refractivity contribution in [1.29, 1.82) is 0 Å². The van der Waals surface area contributed by atoms with Crippen molar-refractivity contribution in [3.05, 3.63) is 83.4 Å². The zero-order valence-electron chi connectivity index (χ0n) is 20.3. The molecule has 1 aliphatic rings. The van der Waals surface area contributed by atoms with Crippen molar-refractivity contribution < 1.29 is 17.9 Å². The van der Waals surface area contributed by atoms with Crippen LogP contribution in [0.3, 0.4) is 0 Å². The van der Waals surface area contributed by atoms with Crippen LogP contribution in [0.2, 0.25) is 0 Å². The Kier molecular flexibility index (Phi) is 7.31. The Balaban J connectivity index is 1.28. The minimum Gasteiger partial charge on any atom is -0.484 e. The topological polar surface area (TPSA) is 78.9 Å². The third-order valence-electron chi connectivity index (χ3n) is 6.35. The highest BCUT2D eigenvalue weighted by Gasteiger charge is 2.23. The lowest BCUT2D eigenvalue weighted by Crippen LogP contribution is -2.50. The number of hydrogen-bond acceptors (Lipinski definition) is 5. The van der Waals surface area contributed by atoms with Crippen molar-refractivity contribution in [3.8, 4) is 5.75 Å². The number of ether oxygens (including phenoxy) is 1. The number of hydrogen-bond donors (Lipinski definition) is 1. The summed E-state index contributed by atoms with van der Waals surface area (Å²) in [5, 5.41) is 0. The number of sulfonamides is 1. The molecule has 0 saturated carbocycles. The molecule has 1 N–H and O–H groups in total. The number of piperazine rings is 1. The number of anilines is 2. The van der Waals surface area contributed by atoms with E-state index in [0.717, 1.165) is 18.7 Å². The number of nitrogens with one attached hydrogen (secondary N) is 1. The van der Waals surface area contributed by atoms with E-state index in [-0.39, 0.29) is 17.4 Å². The van der Waals surface area contributed by atoms with Crippen molar-refractivity contribution >= 4 is 27.3 Å². The van der Waals surface area contributed by atoms with Gasteiger partial charge in [0.15, 0.2) is 6.61 Å². The number of amides is 1. The largest absolute Gasteiger partial charge is 0.484 e. The van der Waals surface area contributed by atoms with E-state index < -0.39 is 10.0 Å². The molecule has 0 unspecified atom stereocenters. The van der Waals surface area contributed by atoms with E-state index in [9.17, 15) is 13.2 Å². The molecule has 0 aromatic heterocycles. The number of benzene rings is 3. The van der Waals surface area contributed by atoms with Crippen molar-refractivity contribution in [2.45, 2.75) is 25.7 Å². The molecule has 7 nitrogen and oxygen atoms in total.